The Labute approximate surface area is 162 Å². The van der Waals surface area contributed by atoms with Crippen molar-refractivity contribution in [1.29, 1.82) is 0 Å². The standard InChI is InChI=1S/C22H39NO.ClH/c1-3-4-5-6-7-8-9-10-11-15-18-23(19-21(2)24)20-22-16-13-12-14-17-22;/h12-14,16-17,21,24H,3-11,15,18-20H2,1-2H3;1H. The van der Waals surface area contributed by atoms with Gasteiger partial charge < -0.3 is 22.4 Å². The van der Waals surface area contributed by atoms with Crippen LogP contribution in [0.5, 0.6) is 0 Å². The van der Waals surface area contributed by atoms with Gasteiger partial charge in [0.25, 0.3) is 0 Å². The van der Waals surface area contributed by atoms with Crippen LogP contribution in [0.3, 0.4) is 0 Å². The normalized spacial score (nSPS) is 13.2. The highest BCUT2D eigenvalue weighted by molar-refractivity contribution is 5.13. The number of rotatable bonds is 15. The molecule has 2 nitrogen and oxygen atoms in total. The molecule has 146 valence electrons. The van der Waals surface area contributed by atoms with Crippen LogP contribution in [0.1, 0.15) is 83.6 Å². The molecule has 0 saturated heterocycles. The zero-order valence-electron chi connectivity index (χ0n) is 16.5. The Kier molecular flexibility index (Phi) is 16.5. The van der Waals surface area contributed by atoms with Gasteiger partial charge in [-0.05, 0) is 19.8 Å². The molecule has 3 heteroatoms. The first-order valence-corrected chi connectivity index (χ1v) is 10.3. The van der Waals surface area contributed by atoms with Crippen molar-refractivity contribution in [2.45, 2.75) is 90.7 Å². The van der Waals surface area contributed by atoms with E-state index in [9.17, 15) is 5.11 Å². The van der Waals surface area contributed by atoms with Crippen molar-refractivity contribution in [2.75, 3.05) is 13.1 Å². The van der Waals surface area contributed by atoms with E-state index in [1.54, 1.807) is 0 Å². The predicted molar refractivity (Wildman–Crippen MR) is 104 cm³/mol. The molecule has 1 aromatic carbocycles. The molecule has 0 aliphatic carbocycles. The predicted octanol–water partition coefficient (Wildman–Crippen LogP) is 1.38. The van der Waals surface area contributed by atoms with Crippen molar-refractivity contribution in [3.8, 4) is 0 Å². The van der Waals surface area contributed by atoms with Crippen molar-refractivity contribution >= 4 is 0 Å². The number of quaternary nitrogens is 1. The Morgan fingerprint density at radius 3 is 1.88 bits per heavy atom. The van der Waals surface area contributed by atoms with Crippen LogP contribution in [-0.2, 0) is 6.54 Å². The highest BCUT2D eigenvalue weighted by atomic mass is 35.5. The number of unbranched alkanes of at least 4 members (excludes halogenated alkanes) is 9. The zero-order valence-corrected chi connectivity index (χ0v) is 17.2. The Bertz CT molecular complexity index is 383. The van der Waals surface area contributed by atoms with Crippen molar-refractivity contribution < 1.29 is 22.4 Å². The summed E-state index contributed by atoms with van der Waals surface area (Å²) < 4.78 is 0. The molecule has 1 aromatic rings. The molecule has 0 radical (unpaired) electrons. The second-order valence-electron chi connectivity index (χ2n) is 7.40. The van der Waals surface area contributed by atoms with E-state index in [0.29, 0.717) is 0 Å². The van der Waals surface area contributed by atoms with Gasteiger partial charge in [-0.25, -0.2) is 0 Å². The molecule has 0 aliphatic rings. The van der Waals surface area contributed by atoms with Crippen LogP contribution in [0.2, 0.25) is 0 Å². The second kappa shape index (κ2) is 16.9. The summed E-state index contributed by atoms with van der Waals surface area (Å²) in [6.07, 6.45) is 13.6. The van der Waals surface area contributed by atoms with Gasteiger partial charge in [-0.2, -0.15) is 0 Å². The van der Waals surface area contributed by atoms with Crippen LogP contribution < -0.4 is 17.3 Å². The first kappa shape index (κ1) is 24.4. The van der Waals surface area contributed by atoms with E-state index in [0.717, 1.165) is 13.1 Å². The molecule has 0 aromatic heterocycles. The number of aliphatic hydroxyl groups excluding tert-OH is 1. The van der Waals surface area contributed by atoms with Gasteiger partial charge in [0.15, 0.2) is 0 Å². The van der Waals surface area contributed by atoms with Crippen LogP contribution >= 0.6 is 0 Å². The minimum atomic E-state index is -0.216. The Morgan fingerprint density at radius 1 is 0.840 bits per heavy atom. The van der Waals surface area contributed by atoms with E-state index in [-0.39, 0.29) is 18.5 Å². The smallest absolute Gasteiger partial charge is 0.103 e. The molecular weight excluding hydrogens is 330 g/mol. The molecular formula is C22H40ClNO. The molecule has 0 aliphatic heterocycles. The fraction of sp³-hybridized carbons (Fsp3) is 0.727. The molecule has 1 rings (SSSR count). The van der Waals surface area contributed by atoms with E-state index < -0.39 is 0 Å². The minimum absolute atomic E-state index is 0. The van der Waals surface area contributed by atoms with Crippen molar-refractivity contribution in [1.82, 2.24) is 0 Å². The average Bonchev–Trinajstić information content (AvgIpc) is 2.57. The SMILES string of the molecule is CCCCCCCCCCCC[NH+](Cc1ccccc1)CC(C)O.[Cl-]. The fourth-order valence-electron chi connectivity index (χ4n) is 3.43. The molecule has 0 fully saturated rings. The number of aliphatic hydroxyl groups is 1. The van der Waals surface area contributed by atoms with E-state index >= 15 is 0 Å². The Hall–Kier alpha value is -0.570. The molecule has 2 unspecified atom stereocenters. The maximum atomic E-state index is 9.74. The van der Waals surface area contributed by atoms with Gasteiger partial charge in [-0.1, -0.05) is 88.6 Å². The average molecular weight is 370 g/mol. The van der Waals surface area contributed by atoms with E-state index in [1.165, 1.54) is 81.2 Å². The van der Waals surface area contributed by atoms with Gasteiger partial charge in [-0.3, -0.25) is 0 Å². The highest BCUT2D eigenvalue weighted by Gasteiger charge is 2.12. The molecule has 0 bridgehead atoms. The summed E-state index contributed by atoms with van der Waals surface area (Å²) in [7, 11) is 0. The summed E-state index contributed by atoms with van der Waals surface area (Å²) in [6.45, 7) is 7.25. The van der Waals surface area contributed by atoms with Crippen LogP contribution in [-0.4, -0.2) is 24.3 Å². The summed E-state index contributed by atoms with van der Waals surface area (Å²) in [5.74, 6) is 0. The monoisotopic (exact) mass is 369 g/mol. The zero-order chi connectivity index (χ0) is 17.5. The summed E-state index contributed by atoms with van der Waals surface area (Å²) in [6, 6.07) is 10.7. The summed E-state index contributed by atoms with van der Waals surface area (Å²) in [4.78, 5) is 1.51. The molecule has 2 atom stereocenters. The van der Waals surface area contributed by atoms with E-state index in [1.807, 2.05) is 6.92 Å². The van der Waals surface area contributed by atoms with Crippen molar-refractivity contribution in [2.24, 2.45) is 0 Å². The Balaban J connectivity index is 0.00000576. The van der Waals surface area contributed by atoms with Crippen LogP contribution in [0.15, 0.2) is 30.3 Å². The quantitative estimate of drug-likeness (QED) is 0.448. The number of benzene rings is 1. The lowest BCUT2D eigenvalue weighted by molar-refractivity contribution is -0.917. The first-order chi connectivity index (χ1) is 11.7. The molecule has 2 N–H and O–H groups in total. The van der Waals surface area contributed by atoms with Crippen LogP contribution in [0.4, 0.5) is 0 Å². The lowest BCUT2D eigenvalue weighted by Gasteiger charge is -2.21. The van der Waals surface area contributed by atoms with Gasteiger partial charge in [0.1, 0.15) is 19.2 Å². The number of nitrogens with one attached hydrogen (secondary N) is 1. The van der Waals surface area contributed by atoms with Crippen LogP contribution in [0.25, 0.3) is 0 Å². The molecule has 0 heterocycles. The number of hydrogen-bond acceptors (Lipinski definition) is 1. The van der Waals surface area contributed by atoms with Gasteiger partial charge in [0.2, 0.25) is 0 Å². The molecule has 0 amide bonds. The maximum absolute atomic E-state index is 9.74. The summed E-state index contributed by atoms with van der Waals surface area (Å²) in [5.41, 5.74) is 1.38. The number of halogens is 1. The molecule has 0 saturated carbocycles. The lowest BCUT2D eigenvalue weighted by Crippen LogP contribution is -3.11. The van der Waals surface area contributed by atoms with Crippen LogP contribution in [0, 0.1) is 0 Å². The third-order valence-corrected chi connectivity index (χ3v) is 4.76. The minimum Gasteiger partial charge on any atom is -1.00 e. The van der Waals surface area contributed by atoms with E-state index in [4.69, 9.17) is 0 Å². The molecule has 0 spiro atoms. The highest BCUT2D eigenvalue weighted by Crippen LogP contribution is 2.10. The summed E-state index contributed by atoms with van der Waals surface area (Å²) >= 11 is 0. The topological polar surface area (TPSA) is 24.7 Å². The van der Waals surface area contributed by atoms with Gasteiger partial charge in [-0.15, -0.1) is 0 Å². The second-order valence-corrected chi connectivity index (χ2v) is 7.40. The van der Waals surface area contributed by atoms with Gasteiger partial charge >= 0.3 is 0 Å². The van der Waals surface area contributed by atoms with Gasteiger partial charge in [0, 0.05) is 5.56 Å². The van der Waals surface area contributed by atoms with Gasteiger partial charge in [0.05, 0.1) is 6.54 Å². The largest absolute Gasteiger partial charge is 1.00 e. The third-order valence-electron chi connectivity index (χ3n) is 4.76. The molecule has 25 heavy (non-hydrogen) atoms. The van der Waals surface area contributed by atoms with Crippen molar-refractivity contribution in [3.05, 3.63) is 35.9 Å². The Morgan fingerprint density at radius 2 is 1.36 bits per heavy atom. The maximum Gasteiger partial charge on any atom is 0.103 e. The lowest BCUT2D eigenvalue weighted by atomic mass is 10.1. The van der Waals surface area contributed by atoms with E-state index in [2.05, 4.69) is 37.3 Å². The number of hydrogen-bond donors (Lipinski definition) is 2. The summed E-state index contributed by atoms with van der Waals surface area (Å²) in [5, 5.41) is 9.74. The third kappa shape index (κ3) is 14.3. The van der Waals surface area contributed by atoms with Crippen molar-refractivity contribution in [3.63, 3.8) is 0 Å². The fourth-order valence-corrected chi connectivity index (χ4v) is 3.43. The first-order valence-electron chi connectivity index (χ1n) is 10.3.